The lowest BCUT2D eigenvalue weighted by atomic mass is 10.3. The van der Waals surface area contributed by atoms with Crippen molar-refractivity contribution in [1.29, 1.82) is 0 Å². The van der Waals surface area contributed by atoms with Crippen molar-refractivity contribution in [1.82, 2.24) is 5.32 Å². The highest BCUT2D eigenvalue weighted by Gasteiger charge is 1.96. The van der Waals surface area contributed by atoms with E-state index >= 15 is 0 Å². The van der Waals surface area contributed by atoms with Gasteiger partial charge in [0.25, 0.3) is 0 Å². The predicted octanol–water partition coefficient (Wildman–Crippen LogP) is 0.865. The first-order valence-electron chi connectivity index (χ1n) is 2.84. The van der Waals surface area contributed by atoms with Gasteiger partial charge in [-0.15, -0.1) is 0 Å². The molecule has 0 saturated carbocycles. The molecule has 0 rings (SSSR count). The van der Waals surface area contributed by atoms with Gasteiger partial charge in [0.05, 0.1) is 6.61 Å². The van der Waals surface area contributed by atoms with Crippen molar-refractivity contribution in [3.8, 4) is 0 Å². The zero-order chi connectivity index (χ0) is 7.28. The van der Waals surface area contributed by atoms with E-state index in [1.165, 1.54) is 0 Å². The summed E-state index contributed by atoms with van der Waals surface area (Å²) in [5.74, 6) is 0. The third kappa shape index (κ3) is 6.02. The Bertz CT molecular complexity index is 95.1. The van der Waals surface area contributed by atoms with E-state index in [9.17, 15) is 0 Å². The molecule has 0 radical (unpaired) electrons. The van der Waals surface area contributed by atoms with Gasteiger partial charge in [0.1, 0.15) is 0 Å². The van der Waals surface area contributed by atoms with Crippen LogP contribution in [0.1, 0.15) is 6.92 Å². The average Bonchev–Trinajstić information content (AvgIpc) is 1.83. The third-order valence-electron chi connectivity index (χ3n) is 0.916. The summed E-state index contributed by atoms with van der Waals surface area (Å²) in [5, 5.41) is 11.6. The lowest BCUT2D eigenvalue weighted by molar-refractivity contribution is 0.255. The number of hydrogen-bond acceptors (Lipinski definition) is 2. The molecule has 0 aromatic rings. The molecular formula is C6H12BrNO. The van der Waals surface area contributed by atoms with Crippen molar-refractivity contribution < 1.29 is 5.11 Å². The molecule has 0 saturated heterocycles. The standard InChI is InChI=1S/C6H12BrNO/c1-5(7)3-8-6(2)4-9/h6,8-9H,1,3-4H2,2H3. The fraction of sp³-hybridized carbons (Fsp3) is 0.667. The Morgan fingerprint density at radius 1 is 1.89 bits per heavy atom. The highest BCUT2D eigenvalue weighted by molar-refractivity contribution is 9.11. The quantitative estimate of drug-likeness (QED) is 0.695. The Balaban J connectivity index is 3.16. The predicted molar refractivity (Wildman–Crippen MR) is 42.6 cm³/mol. The molecule has 9 heavy (non-hydrogen) atoms. The summed E-state index contributed by atoms with van der Waals surface area (Å²) in [6, 6.07) is 0.152. The molecule has 0 aliphatic heterocycles. The van der Waals surface area contributed by atoms with Crippen molar-refractivity contribution in [3.05, 3.63) is 11.1 Å². The van der Waals surface area contributed by atoms with Gasteiger partial charge < -0.3 is 10.4 Å². The van der Waals surface area contributed by atoms with E-state index in [1.807, 2.05) is 6.92 Å². The fourth-order valence-electron chi connectivity index (χ4n) is 0.350. The van der Waals surface area contributed by atoms with E-state index in [4.69, 9.17) is 5.11 Å². The number of aliphatic hydroxyl groups is 1. The molecule has 0 aromatic heterocycles. The van der Waals surface area contributed by atoms with Crippen LogP contribution in [0.3, 0.4) is 0 Å². The van der Waals surface area contributed by atoms with Gasteiger partial charge in [-0.25, -0.2) is 0 Å². The minimum Gasteiger partial charge on any atom is -0.395 e. The van der Waals surface area contributed by atoms with Gasteiger partial charge in [0, 0.05) is 17.1 Å². The van der Waals surface area contributed by atoms with Crippen LogP contribution < -0.4 is 5.32 Å². The number of halogens is 1. The lowest BCUT2D eigenvalue weighted by Gasteiger charge is -2.08. The lowest BCUT2D eigenvalue weighted by Crippen LogP contribution is -2.29. The minimum absolute atomic E-state index is 0.152. The Kier molecular flexibility index (Phi) is 5.04. The molecule has 54 valence electrons. The summed E-state index contributed by atoms with van der Waals surface area (Å²) in [6.07, 6.45) is 0. The summed E-state index contributed by atoms with van der Waals surface area (Å²) in [7, 11) is 0. The minimum atomic E-state index is 0.152. The van der Waals surface area contributed by atoms with Gasteiger partial charge in [-0.2, -0.15) is 0 Å². The molecule has 0 aliphatic carbocycles. The normalized spacial score (nSPS) is 13.2. The van der Waals surface area contributed by atoms with E-state index in [-0.39, 0.29) is 12.6 Å². The van der Waals surface area contributed by atoms with Gasteiger partial charge >= 0.3 is 0 Å². The number of nitrogens with one attached hydrogen (secondary N) is 1. The fourth-order valence-corrected chi connectivity index (χ4v) is 0.511. The number of rotatable bonds is 4. The summed E-state index contributed by atoms with van der Waals surface area (Å²) < 4.78 is 0.905. The highest BCUT2D eigenvalue weighted by atomic mass is 79.9. The van der Waals surface area contributed by atoms with Crippen LogP contribution in [0.15, 0.2) is 11.1 Å². The molecule has 0 heterocycles. The van der Waals surface area contributed by atoms with Crippen molar-refractivity contribution in [2.75, 3.05) is 13.2 Å². The molecule has 1 atom stereocenters. The van der Waals surface area contributed by atoms with Crippen LogP contribution in [0, 0.1) is 0 Å². The second-order valence-electron chi connectivity index (χ2n) is 1.98. The van der Waals surface area contributed by atoms with Crippen molar-refractivity contribution in [2.24, 2.45) is 0 Å². The Morgan fingerprint density at radius 2 is 2.44 bits per heavy atom. The van der Waals surface area contributed by atoms with Crippen molar-refractivity contribution in [3.63, 3.8) is 0 Å². The molecule has 0 fully saturated rings. The van der Waals surface area contributed by atoms with Crippen LogP contribution in [0.2, 0.25) is 0 Å². The van der Waals surface area contributed by atoms with Gasteiger partial charge in [0.15, 0.2) is 0 Å². The van der Waals surface area contributed by atoms with Crippen LogP contribution in [0.5, 0.6) is 0 Å². The zero-order valence-electron chi connectivity index (χ0n) is 5.52. The van der Waals surface area contributed by atoms with Crippen molar-refractivity contribution in [2.45, 2.75) is 13.0 Å². The van der Waals surface area contributed by atoms with Crippen LogP contribution in [-0.2, 0) is 0 Å². The van der Waals surface area contributed by atoms with E-state index < -0.39 is 0 Å². The first-order valence-corrected chi connectivity index (χ1v) is 3.63. The molecule has 0 aromatic carbocycles. The van der Waals surface area contributed by atoms with E-state index in [0.717, 1.165) is 4.48 Å². The maximum absolute atomic E-state index is 8.54. The average molecular weight is 194 g/mol. The second-order valence-corrected chi connectivity index (χ2v) is 3.10. The van der Waals surface area contributed by atoms with E-state index in [1.54, 1.807) is 0 Å². The summed E-state index contributed by atoms with van der Waals surface area (Å²) in [4.78, 5) is 0. The summed E-state index contributed by atoms with van der Waals surface area (Å²) in [6.45, 7) is 6.42. The van der Waals surface area contributed by atoms with Crippen LogP contribution in [0.4, 0.5) is 0 Å². The third-order valence-corrected chi connectivity index (χ3v) is 1.20. The highest BCUT2D eigenvalue weighted by Crippen LogP contribution is 1.97. The molecular weight excluding hydrogens is 182 g/mol. The van der Waals surface area contributed by atoms with Crippen molar-refractivity contribution >= 4 is 15.9 Å². The molecule has 0 spiro atoms. The molecule has 0 aliphatic rings. The monoisotopic (exact) mass is 193 g/mol. The molecule has 0 amide bonds. The summed E-state index contributed by atoms with van der Waals surface area (Å²) >= 11 is 3.19. The van der Waals surface area contributed by atoms with E-state index in [0.29, 0.717) is 6.54 Å². The first kappa shape index (κ1) is 9.14. The zero-order valence-corrected chi connectivity index (χ0v) is 7.11. The second kappa shape index (κ2) is 4.97. The molecule has 2 nitrogen and oxygen atoms in total. The Morgan fingerprint density at radius 3 is 2.78 bits per heavy atom. The largest absolute Gasteiger partial charge is 0.395 e. The van der Waals surface area contributed by atoms with Crippen LogP contribution in [0.25, 0.3) is 0 Å². The van der Waals surface area contributed by atoms with Gasteiger partial charge in [-0.3, -0.25) is 0 Å². The molecule has 1 unspecified atom stereocenters. The summed E-state index contributed by atoms with van der Waals surface area (Å²) in [5.41, 5.74) is 0. The van der Waals surface area contributed by atoms with Gasteiger partial charge in [-0.05, 0) is 6.92 Å². The molecule has 2 N–H and O–H groups in total. The number of aliphatic hydroxyl groups excluding tert-OH is 1. The first-order chi connectivity index (χ1) is 4.16. The maximum Gasteiger partial charge on any atom is 0.0582 e. The topological polar surface area (TPSA) is 32.3 Å². The number of hydrogen-bond donors (Lipinski definition) is 2. The van der Waals surface area contributed by atoms with Gasteiger partial charge in [0.2, 0.25) is 0 Å². The molecule has 0 bridgehead atoms. The molecule has 3 heteroatoms. The SMILES string of the molecule is C=C(Br)CNC(C)CO. The van der Waals surface area contributed by atoms with Gasteiger partial charge in [-0.1, -0.05) is 22.5 Å². The Hall–Kier alpha value is 0.140. The maximum atomic E-state index is 8.54. The van der Waals surface area contributed by atoms with E-state index in [2.05, 4.69) is 27.8 Å². The van der Waals surface area contributed by atoms with Crippen LogP contribution in [-0.4, -0.2) is 24.3 Å². The van der Waals surface area contributed by atoms with Crippen LogP contribution >= 0.6 is 15.9 Å². The Labute approximate surface area is 64.1 Å². The smallest absolute Gasteiger partial charge is 0.0582 e.